The van der Waals surface area contributed by atoms with E-state index in [2.05, 4.69) is 60.4 Å². The molecule has 0 unspecified atom stereocenters. The van der Waals surface area contributed by atoms with Crippen LogP contribution in [-0.2, 0) is 27.3 Å². The van der Waals surface area contributed by atoms with E-state index in [0.717, 1.165) is 19.5 Å². The lowest BCUT2D eigenvalue weighted by Crippen LogP contribution is -2.51. The largest absolute Gasteiger partial charge is 0.391 e. The number of benzene rings is 2. The maximum absolute atomic E-state index is 11.0. The summed E-state index contributed by atoms with van der Waals surface area (Å²) in [4.78, 5) is 2.34. The Morgan fingerprint density at radius 2 is 1.40 bits per heavy atom. The first-order valence-electron chi connectivity index (χ1n) is 10.9. The fraction of sp³-hybridized carbons (Fsp3) is 0.520. The van der Waals surface area contributed by atoms with Crippen molar-refractivity contribution in [3.63, 3.8) is 0 Å². The highest BCUT2D eigenvalue weighted by molar-refractivity contribution is 5.17. The highest BCUT2D eigenvalue weighted by atomic mass is 16.7. The molecule has 5 heteroatoms. The lowest BCUT2D eigenvalue weighted by atomic mass is 9.97. The molecule has 0 saturated carbocycles. The van der Waals surface area contributed by atoms with E-state index < -0.39 is 6.10 Å². The van der Waals surface area contributed by atoms with Gasteiger partial charge < -0.3 is 19.3 Å². The van der Waals surface area contributed by atoms with Crippen LogP contribution in [0.2, 0.25) is 0 Å². The number of aliphatic hydroxyl groups excluding tert-OH is 1. The number of rotatable bonds is 15. The van der Waals surface area contributed by atoms with Gasteiger partial charge >= 0.3 is 0 Å². The quantitative estimate of drug-likeness (QED) is 0.348. The zero-order valence-electron chi connectivity index (χ0n) is 18.6. The van der Waals surface area contributed by atoms with Gasteiger partial charge in [0.2, 0.25) is 0 Å². The van der Waals surface area contributed by atoms with Gasteiger partial charge in [-0.2, -0.15) is 0 Å². The van der Waals surface area contributed by atoms with E-state index in [1.165, 1.54) is 11.1 Å². The molecule has 2 aromatic rings. The van der Waals surface area contributed by atoms with E-state index in [0.29, 0.717) is 19.6 Å². The fourth-order valence-corrected chi connectivity index (χ4v) is 3.66. The molecule has 1 N–H and O–H groups in total. The molecule has 0 bridgehead atoms. The van der Waals surface area contributed by atoms with Gasteiger partial charge in [0.25, 0.3) is 0 Å². The maximum Gasteiger partial charge on any atom is 0.147 e. The minimum absolute atomic E-state index is 0.144. The van der Waals surface area contributed by atoms with Crippen molar-refractivity contribution >= 4 is 0 Å². The third-order valence-corrected chi connectivity index (χ3v) is 5.27. The first-order valence-corrected chi connectivity index (χ1v) is 10.9. The number of methoxy groups -OCH3 is 1. The van der Waals surface area contributed by atoms with Gasteiger partial charge in [0.1, 0.15) is 6.79 Å². The summed E-state index contributed by atoms with van der Waals surface area (Å²) in [5, 5.41) is 11.0. The zero-order chi connectivity index (χ0) is 21.6. The lowest BCUT2D eigenvalue weighted by molar-refractivity contribution is -0.138. The second kappa shape index (κ2) is 14.3. The summed E-state index contributed by atoms with van der Waals surface area (Å²) < 4.78 is 16.7. The van der Waals surface area contributed by atoms with Gasteiger partial charge in [-0.25, -0.2) is 0 Å². The Morgan fingerprint density at radius 1 is 0.833 bits per heavy atom. The summed E-state index contributed by atoms with van der Waals surface area (Å²) in [6.07, 6.45) is 0.807. The second-order valence-electron chi connectivity index (χ2n) is 7.47. The van der Waals surface area contributed by atoms with E-state index in [-0.39, 0.29) is 18.9 Å². The topological polar surface area (TPSA) is 51.2 Å². The number of ether oxygens (including phenoxy) is 3. The van der Waals surface area contributed by atoms with Crippen LogP contribution < -0.4 is 0 Å². The van der Waals surface area contributed by atoms with Crippen LogP contribution in [0, 0.1) is 0 Å². The van der Waals surface area contributed by atoms with Crippen molar-refractivity contribution in [2.24, 2.45) is 0 Å². The van der Waals surface area contributed by atoms with Gasteiger partial charge in [-0.15, -0.1) is 0 Å². The molecule has 30 heavy (non-hydrogen) atoms. The van der Waals surface area contributed by atoms with Crippen molar-refractivity contribution in [3.8, 4) is 0 Å². The number of hydrogen-bond donors (Lipinski definition) is 1. The van der Waals surface area contributed by atoms with E-state index in [1.54, 1.807) is 7.11 Å². The molecule has 0 heterocycles. The summed E-state index contributed by atoms with van der Waals surface area (Å²) in [6.45, 7) is 6.81. The molecule has 0 aliphatic rings. The summed E-state index contributed by atoms with van der Waals surface area (Å²) in [5.74, 6) is 0. The molecule has 0 aliphatic carbocycles. The van der Waals surface area contributed by atoms with Crippen molar-refractivity contribution in [2.45, 2.75) is 58.0 Å². The minimum Gasteiger partial charge on any atom is -0.391 e. The molecule has 0 amide bonds. The molecule has 166 valence electrons. The second-order valence-corrected chi connectivity index (χ2v) is 7.47. The number of nitrogens with zero attached hydrogens (tertiary/aromatic N) is 1. The third-order valence-electron chi connectivity index (χ3n) is 5.27. The highest BCUT2D eigenvalue weighted by Crippen LogP contribution is 2.23. The predicted octanol–water partition coefficient (Wildman–Crippen LogP) is 4.24. The Balaban J connectivity index is 2.21. The van der Waals surface area contributed by atoms with Crippen LogP contribution in [0.5, 0.6) is 0 Å². The van der Waals surface area contributed by atoms with Crippen LogP contribution in [-0.4, -0.2) is 55.4 Å². The summed E-state index contributed by atoms with van der Waals surface area (Å²) in [5.41, 5.74) is 2.43. The molecule has 0 aromatic heterocycles. The number of hydrogen-bond acceptors (Lipinski definition) is 5. The highest BCUT2D eigenvalue weighted by Gasteiger charge is 2.33. The molecule has 0 aliphatic heterocycles. The Kier molecular flexibility index (Phi) is 11.7. The first-order chi connectivity index (χ1) is 14.7. The van der Waals surface area contributed by atoms with E-state index in [9.17, 15) is 5.11 Å². The van der Waals surface area contributed by atoms with Crippen molar-refractivity contribution in [1.82, 2.24) is 4.90 Å². The van der Waals surface area contributed by atoms with Crippen LogP contribution in [0.3, 0.4) is 0 Å². The molecule has 3 atom stereocenters. The smallest absolute Gasteiger partial charge is 0.147 e. The van der Waals surface area contributed by atoms with Crippen LogP contribution >= 0.6 is 0 Å². The standard InChI is InChI=1S/C25H37NO4/c1-4-23(27)25(24(5-2)30-20-29-17-16-28-3)26(18-21-12-8-6-9-13-21)19-22-14-10-7-11-15-22/h6-15,23-25,27H,4-5,16-20H2,1-3H3/t23-,24+,25-/m0/s1. The molecule has 0 saturated heterocycles. The summed E-state index contributed by atoms with van der Waals surface area (Å²) in [6, 6.07) is 20.6. The molecular weight excluding hydrogens is 378 g/mol. The van der Waals surface area contributed by atoms with Crippen molar-refractivity contribution in [2.75, 3.05) is 27.1 Å². The van der Waals surface area contributed by atoms with Gasteiger partial charge in [-0.3, -0.25) is 4.90 Å². The normalized spacial score (nSPS) is 14.6. The molecular formula is C25H37NO4. The first kappa shape index (κ1) is 24.5. The fourth-order valence-electron chi connectivity index (χ4n) is 3.66. The molecule has 0 fully saturated rings. The van der Waals surface area contributed by atoms with Crippen LogP contribution in [0.4, 0.5) is 0 Å². The van der Waals surface area contributed by atoms with Crippen LogP contribution in [0.1, 0.15) is 37.8 Å². The summed E-state index contributed by atoms with van der Waals surface area (Å²) >= 11 is 0. The lowest BCUT2D eigenvalue weighted by Gasteiger charge is -2.39. The van der Waals surface area contributed by atoms with Crippen molar-refractivity contribution in [3.05, 3.63) is 71.8 Å². The van der Waals surface area contributed by atoms with Gasteiger partial charge in [0.15, 0.2) is 0 Å². The summed E-state index contributed by atoms with van der Waals surface area (Å²) in [7, 11) is 1.65. The average molecular weight is 416 g/mol. The van der Waals surface area contributed by atoms with Gasteiger partial charge in [0.05, 0.1) is 31.5 Å². The average Bonchev–Trinajstić information content (AvgIpc) is 2.79. The molecule has 2 rings (SSSR count). The van der Waals surface area contributed by atoms with Gasteiger partial charge in [0, 0.05) is 20.2 Å². The zero-order valence-corrected chi connectivity index (χ0v) is 18.6. The monoisotopic (exact) mass is 415 g/mol. The Hall–Kier alpha value is -1.76. The van der Waals surface area contributed by atoms with Gasteiger partial charge in [-0.05, 0) is 24.0 Å². The van der Waals surface area contributed by atoms with Gasteiger partial charge in [-0.1, -0.05) is 74.5 Å². The van der Waals surface area contributed by atoms with E-state index in [1.807, 2.05) is 19.1 Å². The van der Waals surface area contributed by atoms with Crippen molar-refractivity contribution < 1.29 is 19.3 Å². The molecule has 5 nitrogen and oxygen atoms in total. The molecule has 2 aromatic carbocycles. The molecule has 0 spiro atoms. The van der Waals surface area contributed by atoms with Crippen molar-refractivity contribution in [1.29, 1.82) is 0 Å². The minimum atomic E-state index is -0.499. The third kappa shape index (κ3) is 8.17. The maximum atomic E-state index is 11.0. The molecule has 0 radical (unpaired) electrons. The Morgan fingerprint density at radius 3 is 1.87 bits per heavy atom. The SMILES string of the molecule is CC[C@H](O)[C@@H]([C@@H](CC)OCOCCOC)N(Cc1ccccc1)Cc1ccccc1. The Labute approximate surface area is 181 Å². The van der Waals surface area contributed by atoms with E-state index in [4.69, 9.17) is 14.2 Å². The van der Waals surface area contributed by atoms with Crippen LogP contribution in [0.15, 0.2) is 60.7 Å². The van der Waals surface area contributed by atoms with E-state index >= 15 is 0 Å². The number of aliphatic hydroxyl groups is 1. The predicted molar refractivity (Wildman–Crippen MR) is 120 cm³/mol. The Bertz CT molecular complexity index is 626. The van der Waals surface area contributed by atoms with Crippen LogP contribution in [0.25, 0.3) is 0 Å².